The Kier molecular flexibility index (Phi) is 3.66. The van der Waals surface area contributed by atoms with Crippen LogP contribution in [0.1, 0.15) is 0 Å². The summed E-state index contributed by atoms with van der Waals surface area (Å²) in [6.45, 7) is 0.746. The second-order valence-electron chi connectivity index (χ2n) is 5.47. The van der Waals surface area contributed by atoms with Crippen molar-refractivity contribution < 1.29 is 14.3 Å². The Bertz CT molecular complexity index is 877. The van der Waals surface area contributed by atoms with Gasteiger partial charge in [0.1, 0.15) is 6.61 Å². The van der Waals surface area contributed by atoms with Gasteiger partial charge in [0.2, 0.25) is 0 Å². The van der Waals surface area contributed by atoms with Crippen molar-refractivity contribution >= 4 is 22.6 Å². The van der Waals surface area contributed by atoms with Crippen molar-refractivity contribution in [1.82, 2.24) is 15.5 Å². The first-order valence-corrected chi connectivity index (χ1v) is 7.65. The molecule has 3 aromatic rings. The van der Waals surface area contributed by atoms with E-state index >= 15 is 0 Å². The molecule has 7 heteroatoms. The number of aromatic amines is 1. The Morgan fingerprint density at radius 3 is 3.00 bits per heavy atom. The minimum atomic E-state index is -0.300. The summed E-state index contributed by atoms with van der Waals surface area (Å²) >= 11 is 0. The van der Waals surface area contributed by atoms with Gasteiger partial charge in [0.05, 0.1) is 23.9 Å². The van der Waals surface area contributed by atoms with E-state index in [0.29, 0.717) is 24.6 Å². The van der Waals surface area contributed by atoms with Crippen LogP contribution in [0.5, 0.6) is 11.5 Å². The fourth-order valence-electron chi connectivity index (χ4n) is 2.61. The van der Waals surface area contributed by atoms with E-state index in [-0.39, 0.29) is 12.1 Å². The molecule has 2 amide bonds. The van der Waals surface area contributed by atoms with Crippen molar-refractivity contribution in [2.75, 3.05) is 18.5 Å². The molecule has 4 rings (SSSR count). The Morgan fingerprint density at radius 1 is 1.21 bits per heavy atom. The summed E-state index contributed by atoms with van der Waals surface area (Å²) in [7, 11) is 0. The molecular weight excluding hydrogens is 308 g/mol. The fraction of sp³-hybridized carbons (Fsp3) is 0.176. The molecule has 1 aromatic heterocycles. The van der Waals surface area contributed by atoms with Crippen molar-refractivity contribution in [2.24, 2.45) is 0 Å². The number of hydrogen-bond acceptors (Lipinski definition) is 4. The normalized spacial score (nSPS) is 15.9. The summed E-state index contributed by atoms with van der Waals surface area (Å²) in [5.74, 6) is 1.42. The van der Waals surface area contributed by atoms with Crippen LogP contribution in [0.15, 0.2) is 48.7 Å². The average molecular weight is 324 g/mol. The second-order valence-corrected chi connectivity index (χ2v) is 5.47. The molecule has 3 N–H and O–H groups in total. The molecule has 1 aliphatic heterocycles. The minimum absolute atomic E-state index is 0.227. The molecule has 122 valence electrons. The number of aromatic nitrogens is 2. The first kappa shape index (κ1) is 14.4. The van der Waals surface area contributed by atoms with Crippen LogP contribution in [0, 0.1) is 0 Å². The number of urea groups is 1. The number of H-pyrrole nitrogens is 1. The predicted molar refractivity (Wildman–Crippen MR) is 89.5 cm³/mol. The van der Waals surface area contributed by atoms with Gasteiger partial charge >= 0.3 is 6.03 Å². The lowest BCUT2D eigenvalue weighted by molar-refractivity contribution is 0.0922. The number of carbonyl (C=O) groups excluding carboxylic acids is 1. The molecule has 0 saturated carbocycles. The van der Waals surface area contributed by atoms with Gasteiger partial charge in [0.15, 0.2) is 17.6 Å². The number of carbonyl (C=O) groups is 1. The van der Waals surface area contributed by atoms with Crippen molar-refractivity contribution in [3.8, 4) is 11.5 Å². The van der Waals surface area contributed by atoms with E-state index in [2.05, 4.69) is 20.8 Å². The average Bonchev–Trinajstić information content (AvgIpc) is 3.10. The molecule has 0 saturated heterocycles. The fourth-order valence-corrected chi connectivity index (χ4v) is 2.61. The molecule has 0 radical (unpaired) electrons. The van der Waals surface area contributed by atoms with Gasteiger partial charge in [-0.2, -0.15) is 5.10 Å². The Morgan fingerprint density at radius 2 is 2.08 bits per heavy atom. The zero-order valence-electron chi connectivity index (χ0n) is 12.8. The van der Waals surface area contributed by atoms with Crippen molar-refractivity contribution in [2.45, 2.75) is 6.10 Å². The van der Waals surface area contributed by atoms with Gasteiger partial charge in [-0.15, -0.1) is 0 Å². The number of amides is 2. The summed E-state index contributed by atoms with van der Waals surface area (Å²) in [6, 6.07) is 12.8. The highest BCUT2D eigenvalue weighted by atomic mass is 16.6. The maximum absolute atomic E-state index is 12.1. The zero-order valence-corrected chi connectivity index (χ0v) is 12.8. The number of hydrogen-bond donors (Lipinski definition) is 3. The van der Waals surface area contributed by atoms with Crippen LogP contribution in [-0.4, -0.2) is 35.5 Å². The second kappa shape index (κ2) is 6.11. The quantitative estimate of drug-likeness (QED) is 0.691. The Hall–Kier alpha value is -3.22. The molecule has 2 heterocycles. The number of benzene rings is 2. The smallest absolute Gasteiger partial charge is 0.319 e. The monoisotopic (exact) mass is 324 g/mol. The topological polar surface area (TPSA) is 88.3 Å². The van der Waals surface area contributed by atoms with Crippen LogP contribution in [-0.2, 0) is 0 Å². The van der Waals surface area contributed by atoms with E-state index in [1.807, 2.05) is 42.5 Å². The van der Waals surface area contributed by atoms with Crippen LogP contribution < -0.4 is 20.1 Å². The van der Waals surface area contributed by atoms with Gasteiger partial charge in [-0.25, -0.2) is 4.79 Å². The van der Waals surface area contributed by atoms with Crippen LogP contribution in [0.3, 0.4) is 0 Å². The van der Waals surface area contributed by atoms with E-state index in [9.17, 15) is 4.79 Å². The molecule has 1 aliphatic rings. The maximum atomic E-state index is 12.1. The third-order valence-corrected chi connectivity index (χ3v) is 3.79. The van der Waals surface area contributed by atoms with Gasteiger partial charge in [-0.3, -0.25) is 5.10 Å². The van der Waals surface area contributed by atoms with Crippen LogP contribution in [0.4, 0.5) is 10.5 Å². The van der Waals surface area contributed by atoms with Gasteiger partial charge in [0, 0.05) is 5.39 Å². The molecule has 0 spiro atoms. The third-order valence-electron chi connectivity index (χ3n) is 3.79. The first-order chi connectivity index (χ1) is 11.8. The highest BCUT2D eigenvalue weighted by Crippen LogP contribution is 2.30. The first-order valence-electron chi connectivity index (χ1n) is 7.65. The summed E-state index contributed by atoms with van der Waals surface area (Å²) in [6.07, 6.45) is 1.45. The van der Waals surface area contributed by atoms with Gasteiger partial charge in [-0.05, 0) is 24.3 Å². The number of fused-ring (bicyclic) bond motifs is 2. The van der Waals surface area contributed by atoms with Crippen LogP contribution in [0.25, 0.3) is 10.9 Å². The lowest BCUT2D eigenvalue weighted by Crippen LogP contribution is -2.42. The third kappa shape index (κ3) is 2.83. The zero-order chi connectivity index (χ0) is 16.4. The molecule has 24 heavy (non-hydrogen) atoms. The number of para-hydroxylation sites is 2. The van der Waals surface area contributed by atoms with Crippen LogP contribution >= 0.6 is 0 Å². The van der Waals surface area contributed by atoms with Gasteiger partial charge < -0.3 is 20.1 Å². The standard InChI is InChI=1S/C17H16N4O3/c22-17(20-13-4-3-5-14-12(13)9-19-21-14)18-8-11-10-23-15-6-1-2-7-16(15)24-11/h1-7,9,11H,8,10H2,(H,19,21)(H2,18,20,22). The Labute approximate surface area is 138 Å². The summed E-state index contributed by atoms with van der Waals surface area (Å²) in [5.41, 5.74) is 1.57. The molecule has 1 atom stereocenters. The van der Waals surface area contributed by atoms with Crippen molar-refractivity contribution in [1.29, 1.82) is 0 Å². The lowest BCUT2D eigenvalue weighted by Gasteiger charge is -2.26. The van der Waals surface area contributed by atoms with E-state index in [4.69, 9.17) is 9.47 Å². The van der Waals surface area contributed by atoms with E-state index < -0.39 is 0 Å². The predicted octanol–water partition coefficient (Wildman–Crippen LogP) is 2.52. The number of nitrogens with zero attached hydrogens (tertiary/aromatic N) is 1. The number of rotatable bonds is 3. The molecular formula is C17H16N4O3. The number of anilines is 1. The van der Waals surface area contributed by atoms with Crippen molar-refractivity contribution in [3.63, 3.8) is 0 Å². The van der Waals surface area contributed by atoms with Crippen molar-refractivity contribution in [3.05, 3.63) is 48.7 Å². The highest BCUT2D eigenvalue weighted by Gasteiger charge is 2.21. The lowest BCUT2D eigenvalue weighted by atomic mass is 10.2. The number of ether oxygens (including phenoxy) is 2. The van der Waals surface area contributed by atoms with E-state index in [0.717, 1.165) is 16.7 Å². The van der Waals surface area contributed by atoms with Gasteiger partial charge in [-0.1, -0.05) is 18.2 Å². The Balaban J connectivity index is 1.35. The molecule has 0 bridgehead atoms. The highest BCUT2D eigenvalue weighted by molar-refractivity contribution is 6.00. The summed E-state index contributed by atoms with van der Waals surface area (Å²) < 4.78 is 11.4. The summed E-state index contributed by atoms with van der Waals surface area (Å²) in [5, 5.41) is 13.3. The molecule has 7 nitrogen and oxygen atoms in total. The largest absolute Gasteiger partial charge is 0.486 e. The van der Waals surface area contributed by atoms with Crippen LogP contribution in [0.2, 0.25) is 0 Å². The van der Waals surface area contributed by atoms with E-state index in [1.165, 1.54) is 0 Å². The maximum Gasteiger partial charge on any atom is 0.319 e. The summed E-state index contributed by atoms with van der Waals surface area (Å²) in [4.78, 5) is 12.1. The SMILES string of the molecule is O=C(NCC1COc2ccccc2O1)Nc1cccc2[nH]ncc12. The van der Waals surface area contributed by atoms with E-state index in [1.54, 1.807) is 6.20 Å². The van der Waals surface area contributed by atoms with Gasteiger partial charge in [0.25, 0.3) is 0 Å². The molecule has 1 unspecified atom stereocenters. The molecule has 0 aliphatic carbocycles. The molecule has 2 aromatic carbocycles. The molecule has 0 fully saturated rings. The minimum Gasteiger partial charge on any atom is -0.486 e. The number of nitrogens with one attached hydrogen (secondary N) is 3.